The highest BCUT2D eigenvalue weighted by Crippen LogP contribution is 2.55. The van der Waals surface area contributed by atoms with Gasteiger partial charge in [0.05, 0.1) is 11.2 Å². The number of fused-ring (bicyclic) bond motifs is 1. The van der Waals surface area contributed by atoms with E-state index in [1.807, 2.05) is 6.92 Å². The maximum absolute atomic E-state index is 11.8. The van der Waals surface area contributed by atoms with Crippen molar-refractivity contribution in [3.63, 3.8) is 0 Å². The zero-order valence-corrected chi connectivity index (χ0v) is 14.5. The second kappa shape index (κ2) is 6.51. The van der Waals surface area contributed by atoms with Crippen LogP contribution >= 0.6 is 0 Å². The highest BCUT2D eigenvalue weighted by molar-refractivity contribution is 7.87. The summed E-state index contributed by atoms with van der Waals surface area (Å²) in [5.41, 5.74) is 0. The van der Waals surface area contributed by atoms with Gasteiger partial charge in [-0.15, -0.1) is 0 Å². The Kier molecular flexibility index (Phi) is 4.74. The zero-order chi connectivity index (χ0) is 17.5. The highest BCUT2D eigenvalue weighted by Gasteiger charge is 2.65. The minimum atomic E-state index is -3.53. The summed E-state index contributed by atoms with van der Waals surface area (Å²) < 4.78 is 43.9. The lowest BCUT2D eigenvalue weighted by Crippen LogP contribution is -2.37. The van der Waals surface area contributed by atoms with E-state index in [-0.39, 0.29) is 36.9 Å². The van der Waals surface area contributed by atoms with Crippen LogP contribution in [0.1, 0.15) is 33.1 Å². The van der Waals surface area contributed by atoms with Gasteiger partial charge in [0, 0.05) is 11.8 Å². The minimum absolute atomic E-state index is 0.00180. The highest BCUT2D eigenvalue weighted by atomic mass is 32.2. The number of hydrogen-bond donors (Lipinski definition) is 0. The normalized spacial score (nSPS) is 36.3. The molecular formula is C15H22O8S. The Hall–Kier alpha value is -1.35. The van der Waals surface area contributed by atoms with E-state index >= 15 is 0 Å². The molecule has 2 aliphatic carbocycles. The SMILES string of the molecule is CCC(C)C(=O)OCCOC(=O)OC1C2CC3C1OS(=O)(=O)C3C2. The van der Waals surface area contributed by atoms with Crippen LogP contribution in [0.5, 0.6) is 0 Å². The fourth-order valence-corrected chi connectivity index (χ4v) is 5.65. The molecule has 0 N–H and O–H groups in total. The minimum Gasteiger partial charge on any atom is -0.462 e. The number of hydrogen-bond acceptors (Lipinski definition) is 8. The number of esters is 1. The largest absolute Gasteiger partial charge is 0.508 e. The third-order valence-electron chi connectivity index (χ3n) is 5.21. The molecule has 8 nitrogen and oxygen atoms in total. The maximum Gasteiger partial charge on any atom is 0.508 e. The molecule has 24 heavy (non-hydrogen) atoms. The summed E-state index contributed by atoms with van der Waals surface area (Å²) in [5.74, 6) is -0.620. The van der Waals surface area contributed by atoms with E-state index in [2.05, 4.69) is 0 Å². The summed E-state index contributed by atoms with van der Waals surface area (Å²) in [6.45, 7) is 3.50. The molecule has 6 unspecified atom stereocenters. The molecule has 3 rings (SSSR count). The fourth-order valence-electron chi connectivity index (χ4n) is 3.77. The van der Waals surface area contributed by atoms with Crippen LogP contribution in [0.2, 0.25) is 0 Å². The van der Waals surface area contributed by atoms with Crippen molar-refractivity contribution in [1.29, 1.82) is 0 Å². The molecule has 6 atom stereocenters. The van der Waals surface area contributed by atoms with E-state index in [0.717, 1.165) is 0 Å². The van der Waals surface area contributed by atoms with Crippen LogP contribution < -0.4 is 0 Å². The molecule has 0 amide bonds. The predicted octanol–water partition coefficient (Wildman–Crippen LogP) is 1.23. The van der Waals surface area contributed by atoms with E-state index in [9.17, 15) is 18.0 Å². The molecule has 9 heteroatoms. The van der Waals surface area contributed by atoms with E-state index < -0.39 is 33.7 Å². The van der Waals surface area contributed by atoms with Gasteiger partial charge in [0.15, 0.2) is 0 Å². The van der Waals surface area contributed by atoms with E-state index in [0.29, 0.717) is 19.3 Å². The first-order valence-corrected chi connectivity index (χ1v) is 9.72. The first-order valence-electron chi connectivity index (χ1n) is 8.25. The van der Waals surface area contributed by atoms with Crippen LogP contribution in [-0.2, 0) is 33.3 Å². The summed E-state index contributed by atoms with van der Waals surface area (Å²) in [6.07, 6.45) is -0.227. The van der Waals surface area contributed by atoms with E-state index in [4.69, 9.17) is 18.4 Å². The second-order valence-corrected chi connectivity index (χ2v) is 8.43. The summed E-state index contributed by atoms with van der Waals surface area (Å²) in [7, 11) is -3.53. The first-order chi connectivity index (χ1) is 11.3. The number of ether oxygens (including phenoxy) is 3. The first kappa shape index (κ1) is 17.5. The molecule has 1 saturated heterocycles. The molecule has 1 heterocycles. The van der Waals surface area contributed by atoms with Crippen molar-refractivity contribution in [3.05, 3.63) is 0 Å². The predicted molar refractivity (Wildman–Crippen MR) is 80.4 cm³/mol. The average molecular weight is 362 g/mol. The maximum atomic E-state index is 11.8. The molecule has 3 fully saturated rings. The van der Waals surface area contributed by atoms with Crippen molar-refractivity contribution in [3.8, 4) is 0 Å². The zero-order valence-electron chi connectivity index (χ0n) is 13.7. The van der Waals surface area contributed by atoms with Crippen LogP contribution in [0.15, 0.2) is 0 Å². The van der Waals surface area contributed by atoms with Gasteiger partial charge in [-0.1, -0.05) is 13.8 Å². The third kappa shape index (κ3) is 3.11. The molecule has 2 saturated carbocycles. The fraction of sp³-hybridized carbons (Fsp3) is 0.867. The molecule has 0 aromatic rings. The van der Waals surface area contributed by atoms with Gasteiger partial charge in [0.1, 0.15) is 25.4 Å². The lowest BCUT2D eigenvalue weighted by Gasteiger charge is -2.24. The molecular weight excluding hydrogens is 340 g/mol. The van der Waals surface area contributed by atoms with Gasteiger partial charge in [-0.2, -0.15) is 8.42 Å². The average Bonchev–Trinajstić information content (AvgIpc) is 3.14. The van der Waals surface area contributed by atoms with Crippen LogP contribution in [0.3, 0.4) is 0 Å². The standard InChI is InChI=1S/C15H22O8S/c1-3-8(2)14(16)20-4-5-21-15(17)22-12-9-6-10-11(7-9)24(18,19)23-13(10)12/h8-13H,3-7H2,1-2H3. The van der Waals surface area contributed by atoms with Crippen LogP contribution in [0.4, 0.5) is 4.79 Å². The Labute approximate surface area is 140 Å². The van der Waals surface area contributed by atoms with Crippen LogP contribution in [0, 0.1) is 17.8 Å². The van der Waals surface area contributed by atoms with Crippen LogP contribution in [0.25, 0.3) is 0 Å². The van der Waals surface area contributed by atoms with E-state index in [1.165, 1.54) is 0 Å². The molecule has 0 aromatic heterocycles. The van der Waals surface area contributed by atoms with Gasteiger partial charge >= 0.3 is 12.1 Å². The number of rotatable bonds is 6. The van der Waals surface area contributed by atoms with Crippen molar-refractivity contribution >= 4 is 22.2 Å². The van der Waals surface area contributed by atoms with Crippen molar-refractivity contribution in [2.24, 2.45) is 17.8 Å². The van der Waals surface area contributed by atoms with Gasteiger partial charge < -0.3 is 14.2 Å². The second-order valence-electron chi connectivity index (χ2n) is 6.65. The van der Waals surface area contributed by atoms with E-state index in [1.54, 1.807) is 6.92 Å². The Morgan fingerprint density at radius 3 is 2.62 bits per heavy atom. The third-order valence-corrected chi connectivity index (χ3v) is 6.98. The van der Waals surface area contributed by atoms with Crippen molar-refractivity contribution in [2.75, 3.05) is 13.2 Å². The molecule has 0 radical (unpaired) electrons. The molecule has 0 spiro atoms. The molecule has 2 bridgehead atoms. The summed E-state index contributed by atoms with van der Waals surface area (Å²) in [4.78, 5) is 23.2. The summed E-state index contributed by atoms with van der Waals surface area (Å²) >= 11 is 0. The quantitative estimate of drug-likeness (QED) is 0.395. The molecule has 0 aromatic carbocycles. The topological polar surface area (TPSA) is 105 Å². The van der Waals surface area contributed by atoms with Gasteiger partial charge in [-0.3, -0.25) is 8.98 Å². The smallest absolute Gasteiger partial charge is 0.462 e. The Bertz CT molecular complexity index is 615. The van der Waals surface area contributed by atoms with Crippen molar-refractivity contribution in [1.82, 2.24) is 0 Å². The van der Waals surface area contributed by atoms with Crippen LogP contribution in [-0.4, -0.2) is 51.2 Å². The molecule has 3 aliphatic rings. The van der Waals surface area contributed by atoms with Gasteiger partial charge in [0.2, 0.25) is 0 Å². The number of carbonyl (C=O) groups excluding carboxylic acids is 2. The monoisotopic (exact) mass is 362 g/mol. The van der Waals surface area contributed by atoms with Crippen molar-refractivity contribution < 1.29 is 36.4 Å². The van der Waals surface area contributed by atoms with Gasteiger partial charge in [-0.05, 0) is 19.3 Å². The lowest BCUT2D eigenvalue weighted by atomic mass is 9.94. The molecule has 136 valence electrons. The Balaban J connectivity index is 1.42. The lowest BCUT2D eigenvalue weighted by molar-refractivity contribution is -0.149. The summed E-state index contributed by atoms with van der Waals surface area (Å²) in [5, 5.41) is -0.455. The Morgan fingerprint density at radius 2 is 1.92 bits per heavy atom. The summed E-state index contributed by atoms with van der Waals surface area (Å²) in [6, 6.07) is 0. The molecule has 1 aliphatic heterocycles. The van der Waals surface area contributed by atoms with Crippen molar-refractivity contribution in [2.45, 2.75) is 50.6 Å². The van der Waals surface area contributed by atoms with Gasteiger partial charge in [-0.25, -0.2) is 4.79 Å². The van der Waals surface area contributed by atoms with Gasteiger partial charge in [0.25, 0.3) is 10.1 Å². The number of carbonyl (C=O) groups is 2. The Morgan fingerprint density at radius 1 is 1.21 bits per heavy atom.